The number of benzene rings is 1. The van der Waals surface area contributed by atoms with Gasteiger partial charge < -0.3 is 30.1 Å². The second kappa shape index (κ2) is 10.8. The van der Waals surface area contributed by atoms with Crippen molar-refractivity contribution in [2.24, 2.45) is 5.92 Å². The number of aliphatic hydroxyl groups excluding tert-OH is 1. The van der Waals surface area contributed by atoms with Gasteiger partial charge in [0.2, 0.25) is 5.91 Å². The van der Waals surface area contributed by atoms with Crippen LogP contribution in [0.3, 0.4) is 0 Å². The average molecular weight is 434 g/mol. The highest BCUT2D eigenvalue weighted by molar-refractivity contribution is 5.95. The highest BCUT2D eigenvalue weighted by atomic mass is 16.5. The van der Waals surface area contributed by atoms with Gasteiger partial charge in [0.25, 0.3) is 0 Å². The zero-order valence-electron chi connectivity index (χ0n) is 18.8. The maximum Gasteiger partial charge on any atom is 0.407 e. The summed E-state index contributed by atoms with van der Waals surface area (Å²) in [6.07, 6.45) is 1.79. The van der Waals surface area contributed by atoms with Crippen LogP contribution < -0.4 is 15.4 Å². The van der Waals surface area contributed by atoms with Crippen molar-refractivity contribution in [1.29, 1.82) is 0 Å². The Kier molecular flexibility index (Phi) is 8.15. The van der Waals surface area contributed by atoms with Crippen LogP contribution in [-0.4, -0.2) is 67.0 Å². The highest BCUT2D eigenvalue weighted by Gasteiger charge is 2.24. The van der Waals surface area contributed by atoms with Crippen molar-refractivity contribution in [3.63, 3.8) is 0 Å². The number of hydrogen-bond acceptors (Lipinski definition) is 6. The van der Waals surface area contributed by atoms with E-state index in [9.17, 15) is 14.7 Å². The van der Waals surface area contributed by atoms with Crippen molar-refractivity contribution in [1.82, 2.24) is 10.2 Å². The summed E-state index contributed by atoms with van der Waals surface area (Å²) in [5.74, 6) is 1.07. The minimum Gasteiger partial charge on any atom is -0.490 e. The number of aliphatic hydroxyl groups is 1. The SMILES string of the molecule is Cc1ccc(OCC(O)CN2CCC(NC(=O)OCC(C)C)CC2)c2c1NC(=O)CC2. The number of amides is 2. The molecule has 0 radical (unpaired) electrons. The van der Waals surface area contributed by atoms with Crippen LogP contribution in [0, 0.1) is 12.8 Å². The van der Waals surface area contributed by atoms with Crippen molar-refractivity contribution < 1.29 is 24.2 Å². The van der Waals surface area contributed by atoms with Crippen LogP contribution in [0.15, 0.2) is 12.1 Å². The minimum atomic E-state index is -0.615. The molecule has 31 heavy (non-hydrogen) atoms. The predicted octanol–water partition coefficient (Wildman–Crippen LogP) is 2.47. The van der Waals surface area contributed by atoms with Gasteiger partial charge in [-0.05, 0) is 43.7 Å². The first-order valence-corrected chi connectivity index (χ1v) is 11.2. The number of hydrogen-bond donors (Lipinski definition) is 3. The second-order valence-corrected chi connectivity index (χ2v) is 8.96. The van der Waals surface area contributed by atoms with Crippen molar-refractivity contribution in [2.75, 3.05) is 38.2 Å². The van der Waals surface area contributed by atoms with Crippen LogP contribution >= 0.6 is 0 Å². The van der Waals surface area contributed by atoms with Gasteiger partial charge in [-0.15, -0.1) is 0 Å². The topological polar surface area (TPSA) is 100 Å². The summed E-state index contributed by atoms with van der Waals surface area (Å²) >= 11 is 0. The Bertz CT molecular complexity index is 775. The number of β-amino-alcohol motifs (C(OH)–C–C–N with tert-alkyl or cyclic N) is 1. The first kappa shape index (κ1) is 23.3. The largest absolute Gasteiger partial charge is 0.490 e. The standard InChI is InChI=1S/C23H35N3O5/c1-15(2)13-31-23(29)24-17-8-10-26(11-9-17)12-18(27)14-30-20-6-4-16(3)22-19(20)5-7-21(28)25-22/h4,6,15,17-18,27H,5,7-14H2,1-3H3,(H,24,29)(H,25,28). The molecule has 2 aliphatic heterocycles. The number of nitrogens with one attached hydrogen (secondary N) is 2. The molecule has 1 aromatic rings. The second-order valence-electron chi connectivity index (χ2n) is 8.96. The van der Waals surface area contributed by atoms with Crippen LogP contribution in [0.2, 0.25) is 0 Å². The molecular weight excluding hydrogens is 398 g/mol. The van der Waals surface area contributed by atoms with Crippen LogP contribution in [0.5, 0.6) is 5.75 Å². The molecule has 8 heteroatoms. The molecular formula is C23H35N3O5. The Balaban J connectivity index is 1.40. The van der Waals surface area contributed by atoms with Crippen LogP contribution in [0.25, 0.3) is 0 Å². The number of carbonyl (C=O) groups is 2. The summed E-state index contributed by atoms with van der Waals surface area (Å²) in [6.45, 7) is 8.73. The van der Waals surface area contributed by atoms with Crippen molar-refractivity contribution in [2.45, 2.75) is 58.6 Å². The number of rotatable bonds is 8. The fraction of sp³-hybridized carbons (Fsp3) is 0.652. The van der Waals surface area contributed by atoms with E-state index in [4.69, 9.17) is 9.47 Å². The molecule has 2 heterocycles. The number of ether oxygens (including phenoxy) is 2. The Morgan fingerprint density at radius 2 is 2.00 bits per heavy atom. The molecule has 1 unspecified atom stereocenters. The Labute approximate surface area is 184 Å². The van der Waals surface area contributed by atoms with Gasteiger partial charge in [0.15, 0.2) is 0 Å². The molecule has 1 atom stereocenters. The van der Waals surface area contributed by atoms with Gasteiger partial charge in [-0.25, -0.2) is 4.79 Å². The Hall–Kier alpha value is -2.32. The lowest BCUT2D eigenvalue weighted by atomic mass is 9.98. The van der Waals surface area contributed by atoms with Crippen LogP contribution in [0.4, 0.5) is 10.5 Å². The molecule has 0 spiro atoms. The van der Waals surface area contributed by atoms with E-state index in [-0.39, 0.29) is 24.6 Å². The summed E-state index contributed by atoms with van der Waals surface area (Å²) in [5.41, 5.74) is 2.85. The molecule has 8 nitrogen and oxygen atoms in total. The molecule has 1 saturated heterocycles. The average Bonchev–Trinajstić information content (AvgIpc) is 2.73. The van der Waals surface area contributed by atoms with E-state index in [1.807, 2.05) is 32.9 Å². The molecule has 2 aliphatic rings. The zero-order chi connectivity index (χ0) is 22.4. The molecule has 0 saturated carbocycles. The van der Waals surface area contributed by atoms with Crippen molar-refractivity contribution >= 4 is 17.7 Å². The maximum atomic E-state index is 11.8. The molecule has 0 aromatic heterocycles. The third-order valence-corrected chi connectivity index (χ3v) is 5.70. The highest BCUT2D eigenvalue weighted by Crippen LogP contribution is 2.34. The number of fused-ring (bicyclic) bond motifs is 1. The molecule has 0 bridgehead atoms. The zero-order valence-corrected chi connectivity index (χ0v) is 18.8. The van der Waals surface area contributed by atoms with E-state index in [0.29, 0.717) is 31.9 Å². The normalized spacial score (nSPS) is 18.3. The summed E-state index contributed by atoms with van der Waals surface area (Å²) < 4.78 is 11.1. The molecule has 0 aliphatic carbocycles. The fourth-order valence-electron chi connectivity index (χ4n) is 3.99. The summed E-state index contributed by atoms with van der Waals surface area (Å²) in [6, 6.07) is 3.95. The first-order valence-electron chi connectivity index (χ1n) is 11.2. The molecule has 1 fully saturated rings. The van der Waals surface area contributed by atoms with Gasteiger partial charge in [-0.2, -0.15) is 0 Å². The van der Waals surface area contributed by atoms with E-state index in [2.05, 4.69) is 15.5 Å². The lowest BCUT2D eigenvalue weighted by molar-refractivity contribution is -0.116. The van der Waals surface area contributed by atoms with Gasteiger partial charge in [-0.3, -0.25) is 4.79 Å². The lowest BCUT2D eigenvalue weighted by Crippen LogP contribution is -2.47. The monoisotopic (exact) mass is 433 g/mol. The number of aryl methyl sites for hydroxylation is 1. The Morgan fingerprint density at radius 3 is 2.71 bits per heavy atom. The molecule has 3 rings (SSSR count). The third-order valence-electron chi connectivity index (χ3n) is 5.70. The summed E-state index contributed by atoms with van der Waals surface area (Å²) in [4.78, 5) is 25.7. The molecule has 2 amide bonds. The smallest absolute Gasteiger partial charge is 0.407 e. The van der Waals surface area contributed by atoms with Gasteiger partial charge in [0.05, 0.1) is 12.3 Å². The number of alkyl carbamates (subject to hydrolysis) is 1. The molecule has 172 valence electrons. The van der Waals surface area contributed by atoms with Crippen LogP contribution in [-0.2, 0) is 16.0 Å². The van der Waals surface area contributed by atoms with E-state index >= 15 is 0 Å². The fourth-order valence-corrected chi connectivity index (χ4v) is 3.99. The maximum absolute atomic E-state index is 11.8. The van der Waals surface area contributed by atoms with E-state index in [0.717, 1.165) is 48.5 Å². The van der Waals surface area contributed by atoms with Gasteiger partial charge >= 0.3 is 6.09 Å². The number of carbonyl (C=O) groups excluding carboxylic acids is 2. The summed E-state index contributed by atoms with van der Waals surface area (Å²) in [7, 11) is 0. The first-order chi connectivity index (χ1) is 14.8. The Morgan fingerprint density at radius 1 is 1.26 bits per heavy atom. The number of nitrogens with zero attached hydrogens (tertiary/aromatic N) is 1. The minimum absolute atomic E-state index is 0.0267. The molecule has 3 N–H and O–H groups in total. The third kappa shape index (κ3) is 6.83. The van der Waals surface area contributed by atoms with Crippen LogP contribution in [0.1, 0.15) is 44.2 Å². The number of anilines is 1. The van der Waals surface area contributed by atoms with E-state index in [1.165, 1.54) is 0 Å². The van der Waals surface area contributed by atoms with E-state index < -0.39 is 6.10 Å². The lowest BCUT2D eigenvalue weighted by Gasteiger charge is -2.33. The predicted molar refractivity (Wildman–Crippen MR) is 118 cm³/mol. The van der Waals surface area contributed by atoms with Gasteiger partial charge in [-0.1, -0.05) is 19.9 Å². The quantitative estimate of drug-likeness (QED) is 0.582. The van der Waals surface area contributed by atoms with Gasteiger partial charge in [0.1, 0.15) is 18.5 Å². The van der Waals surface area contributed by atoms with E-state index in [1.54, 1.807) is 0 Å². The van der Waals surface area contributed by atoms with Crippen molar-refractivity contribution in [3.8, 4) is 5.75 Å². The van der Waals surface area contributed by atoms with Crippen molar-refractivity contribution in [3.05, 3.63) is 23.3 Å². The summed E-state index contributed by atoms with van der Waals surface area (Å²) in [5, 5.41) is 16.3. The van der Waals surface area contributed by atoms with Gasteiger partial charge in [0, 0.05) is 37.7 Å². The number of likely N-dealkylation sites (tertiary alicyclic amines) is 1. The molecule has 1 aromatic carbocycles. The number of piperidine rings is 1.